The van der Waals surface area contributed by atoms with Crippen LogP contribution in [0.25, 0.3) is 0 Å². The summed E-state index contributed by atoms with van der Waals surface area (Å²) in [6.07, 6.45) is 0.856. The molecule has 1 aliphatic rings. The van der Waals surface area contributed by atoms with Gasteiger partial charge >= 0.3 is 0 Å². The lowest BCUT2D eigenvalue weighted by Crippen LogP contribution is -2.49. The van der Waals surface area contributed by atoms with E-state index in [4.69, 9.17) is 10.5 Å². The number of nitrogens with two attached hydrogens (primary N) is 1. The summed E-state index contributed by atoms with van der Waals surface area (Å²) in [6.45, 7) is 4.89. The molecule has 2 unspecified atom stereocenters. The van der Waals surface area contributed by atoms with E-state index in [2.05, 4.69) is 0 Å². The number of ether oxygens (including phenoxy) is 1. The van der Waals surface area contributed by atoms with Crippen molar-refractivity contribution in [2.24, 2.45) is 11.7 Å². The van der Waals surface area contributed by atoms with Gasteiger partial charge in [0.15, 0.2) is 0 Å². The van der Waals surface area contributed by atoms with Crippen LogP contribution in [0.4, 0.5) is 0 Å². The third kappa shape index (κ3) is 2.15. The molecule has 0 spiro atoms. The largest absolute Gasteiger partial charge is 0.390 e. The Balaban J connectivity index is 2.55. The highest BCUT2D eigenvalue weighted by Gasteiger charge is 2.34. The van der Waals surface area contributed by atoms with Gasteiger partial charge in [-0.25, -0.2) is 0 Å². The summed E-state index contributed by atoms with van der Waals surface area (Å²) < 4.78 is 5.24. The quantitative estimate of drug-likeness (QED) is 0.571. The molecule has 2 atom stereocenters. The van der Waals surface area contributed by atoms with Gasteiger partial charge in [0.25, 0.3) is 0 Å². The normalized spacial score (nSPS) is 33.8. The average Bonchev–Trinajstić information content (AvgIpc) is 1.86. The smallest absolute Gasteiger partial charge is 0.0656 e. The van der Waals surface area contributed by atoms with Gasteiger partial charge in [0.2, 0.25) is 0 Å². The van der Waals surface area contributed by atoms with Crippen molar-refractivity contribution in [3.8, 4) is 0 Å². The minimum absolute atomic E-state index is 0.0799. The zero-order valence-electron chi connectivity index (χ0n) is 7.21. The first kappa shape index (κ1) is 8.97. The summed E-state index contributed by atoms with van der Waals surface area (Å²) in [5.74, 6) is 0.0799. The van der Waals surface area contributed by atoms with Crippen LogP contribution in [0, 0.1) is 5.92 Å². The molecule has 1 heterocycles. The van der Waals surface area contributed by atoms with Crippen LogP contribution in [0.3, 0.4) is 0 Å². The lowest BCUT2D eigenvalue weighted by Gasteiger charge is -2.36. The van der Waals surface area contributed by atoms with Crippen LogP contribution in [0.1, 0.15) is 20.3 Å². The molecule has 0 aromatic carbocycles. The molecule has 1 aliphatic heterocycles. The van der Waals surface area contributed by atoms with Crippen LogP contribution in [0.2, 0.25) is 0 Å². The molecule has 0 aromatic heterocycles. The van der Waals surface area contributed by atoms with E-state index in [0.717, 1.165) is 13.0 Å². The maximum atomic E-state index is 9.65. The third-order valence-corrected chi connectivity index (χ3v) is 2.32. The van der Waals surface area contributed by atoms with Gasteiger partial charge in [-0.1, -0.05) is 0 Å². The fourth-order valence-electron chi connectivity index (χ4n) is 1.48. The van der Waals surface area contributed by atoms with Crippen LogP contribution in [0.5, 0.6) is 0 Å². The first-order valence-electron chi connectivity index (χ1n) is 4.07. The fourth-order valence-corrected chi connectivity index (χ4v) is 1.48. The Morgan fingerprint density at radius 2 is 2.18 bits per heavy atom. The first-order valence-corrected chi connectivity index (χ1v) is 4.07. The lowest BCUT2D eigenvalue weighted by atomic mass is 9.83. The lowest BCUT2D eigenvalue weighted by molar-refractivity contribution is -0.0663. The average molecular weight is 159 g/mol. The molecule has 0 bridgehead atoms. The molecule has 3 nitrogen and oxygen atoms in total. The highest BCUT2D eigenvalue weighted by molar-refractivity contribution is 4.87. The molecular weight excluding hydrogens is 142 g/mol. The van der Waals surface area contributed by atoms with Crippen LogP contribution < -0.4 is 5.73 Å². The minimum Gasteiger partial charge on any atom is -0.390 e. The van der Waals surface area contributed by atoms with Crippen molar-refractivity contribution in [2.75, 3.05) is 13.2 Å². The molecule has 0 aliphatic carbocycles. The zero-order valence-corrected chi connectivity index (χ0v) is 7.21. The Morgan fingerprint density at radius 1 is 1.55 bits per heavy atom. The SMILES string of the molecule is CC(C)(O)C1COCCC1N. The number of hydrogen-bond acceptors (Lipinski definition) is 3. The fraction of sp³-hybridized carbons (Fsp3) is 1.00. The molecule has 0 radical (unpaired) electrons. The van der Waals surface area contributed by atoms with E-state index in [9.17, 15) is 5.11 Å². The van der Waals surface area contributed by atoms with E-state index < -0.39 is 5.60 Å². The molecule has 0 amide bonds. The standard InChI is InChI=1S/C8H17NO2/c1-8(2,10)6-5-11-4-3-7(6)9/h6-7,10H,3-5,9H2,1-2H3. The van der Waals surface area contributed by atoms with E-state index in [0.29, 0.717) is 6.61 Å². The molecule has 3 N–H and O–H groups in total. The van der Waals surface area contributed by atoms with E-state index in [1.165, 1.54) is 0 Å². The third-order valence-electron chi connectivity index (χ3n) is 2.32. The van der Waals surface area contributed by atoms with Crippen molar-refractivity contribution < 1.29 is 9.84 Å². The van der Waals surface area contributed by atoms with E-state index >= 15 is 0 Å². The Morgan fingerprint density at radius 3 is 2.55 bits per heavy atom. The zero-order chi connectivity index (χ0) is 8.48. The Bertz CT molecular complexity index is 131. The van der Waals surface area contributed by atoms with Gasteiger partial charge in [0, 0.05) is 18.6 Å². The summed E-state index contributed by atoms with van der Waals surface area (Å²) in [5.41, 5.74) is 5.12. The molecule has 1 rings (SSSR count). The van der Waals surface area contributed by atoms with E-state index in [1.807, 2.05) is 0 Å². The molecular formula is C8H17NO2. The summed E-state index contributed by atoms with van der Waals surface area (Å²) in [5, 5.41) is 9.65. The van der Waals surface area contributed by atoms with Crippen molar-refractivity contribution in [1.29, 1.82) is 0 Å². The van der Waals surface area contributed by atoms with E-state index in [-0.39, 0.29) is 12.0 Å². The van der Waals surface area contributed by atoms with Crippen molar-refractivity contribution in [1.82, 2.24) is 0 Å². The van der Waals surface area contributed by atoms with Gasteiger partial charge < -0.3 is 15.6 Å². The van der Waals surface area contributed by atoms with Gasteiger partial charge in [-0.15, -0.1) is 0 Å². The predicted molar refractivity (Wildman–Crippen MR) is 43.2 cm³/mol. The highest BCUT2D eigenvalue weighted by Crippen LogP contribution is 2.24. The summed E-state index contributed by atoms with van der Waals surface area (Å²) in [7, 11) is 0. The number of rotatable bonds is 1. The number of aliphatic hydroxyl groups is 1. The van der Waals surface area contributed by atoms with Crippen LogP contribution >= 0.6 is 0 Å². The summed E-state index contributed by atoms with van der Waals surface area (Å²) in [6, 6.07) is 0.0868. The predicted octanol–water partition coefficient (Wildman–Crippen LogP) is 0.121. The molecule has 0 aromatic rings. The summed E-state index contributed by atoms with van der Waals surface area (Å²) >= 11 is 0. The maximum absolute atomic E-state index is 9.65. The number of hydrogen-bond donors (Lipinski definition) is 2. The second kappa shape index (κ2) is 3.09. The van der Waals surface area contributed by atoms with Crippen LogP contribution in [-0.4, -0.2) is 30.0 Å². The summed E-state index contributed by atoms with van der Waals surface area (Å²) in [4.78, 5) is 0. The molecule has 66 valence electrons. The molecule has 3 heteroatoms. The Hall–Kier alpha value is -0.120. The van der Waals surface area contributed by atoms with Crippen molar-refractivity contribution >= 4 is 0 Å². The molecule has 1 saturated heterocycles. The molecule has 11 heavy (non-hydrogen) atoms. The van der Waals surface area contributed by atoms with Crippen LogP contribution in [0.15, 0.2) is 0 Å². The van der Waals surface area contributed by atoms with E-state index in [1.54, 1.807) is 13.8 Å². The van der Waals surface area contributed by atoms with Gasteiger partial charge in [-0.2, -0.15) is 0 Å². The van der Waals surface area contributed by atoms with Gasteiger partial charge in [0.1, 0.15) is 0 Å². The van der Waals surface area contributed by atoms with Crippen molar-refractivity contribution in [2.45, 2.75) is 31.9 Å². The highest BCUT2D eigenvalue weighted by atomic mass is 16.5. The second-order valence-corrected chi connectivity index (χ2v) is 3.79. The monoisotopic (exact) mass is 159 g/mol. The molecule has 1 fully saturated rings. The van der Waals surface area contributed by atoms with Gasteiger partial charge in [-0.3, -0.25) is 0 Å². The van der Waals surface area contributed by atoms with Gasteiger partial charge in [0.05, 0.1) is 12.2 Å². The molecule has 0 saturated carbocycles. The second-order valence-electron chi connectivity index (χ2n) is 3.79. The van der Waals surface area contributed by atoms with Crippen molar-refractivity contribution in [3.63, 3.8) is 0 Å². The maximum Gasteiger partial charge on any atom is 0.0656 e. The van der Waals surface area contributed by atoms with Crippen LogP contribution in [-0.2, 0) is 4.74 Å². The van der Waals surface area contributed by atoms with Gasteiger partial charge in [-0.05, 0) is 20.3 Å². The minimum atomic E-state index is -0.708. The Kier molecular flexibility index (Phi) is 2.52. The Labute approximate surface area is 67.5 Å². The van der Waals surface area contributed by atoms with Crippen molar-refractivity contribution in [3.05, 3.63) is 0 Å². The first-order chi connectivity index (χ1) is 5.02. The topological polar surface area (TPSA) is 55.5 Å².